The molecule has 2 aromatic rings. The summed E-state index contributed by atoms with van der Waals surface area (Å²) in [5.74, 6) is -1.09. The highest BCUT2D eigenvalue weighted by Crippen LogP contribution is 2.46. The van der Waals surface area contributed by atoms with Gasteiger partial charge in [-0.05, 0) is 68.9 Å². The Morgan fingerprint density at radius 1 is 1.18 bits per heavy atom. The molecule has 3 N–H and O–H groups in total. The molecular formula is C40H55N5O10S. The SMILES string of the molecule is C=CC1C[C@]1(NC(=O)[C@@H]1C[C@@H]2CN1C(=O)[C@H](CCCC)NC(=O)OCC(C)(C)CCCc1cc3c(cc(OCC)nc3cc1OC)O2)C(=O)NS(=O)(=O)C1CC1. The number of sulfonamides is 1. The highest BCUT2D eigenvalue weighted by atomic mass is 32.2. The molecule has 1 unspecified atom stereocenters. The van der Waals surface area contributed by atoms with Crippen LogP contribution in [0, 0.1) is 11.3 Å². The Hall–Kier alpha value is -4.60. The minimum absolute atomic E-state index is 0.0275. The van der Waals surface area contributed by atoms with Crippen molar-refractivity contribution in [1.82, 2.24) is 25.2 Å². The van der Waals surface area contributed by atoms with Gasteiger partial charge >= 0.3 is 6.09 Å². The van der Waals surface area contributed by atoms with E-state index in [0.29, 0.717) is 67.0 Å². The van der Waals surface area contributed by atoms with E-state index < -0.39 is 68.7 Å². The average Bonchev–Trinajstić information content (AvgIpc) is 4.08. The van der Waals surface area contributed by atoms with E-state index in [1.807, 2.05) is 39.8 Å². The summed E-state index contributed by atoms with van der Waals surface area (Å²) in [6, 6.07) is 3.37. The van der Waals surface area contributed by atoms with E-state index in [9.17, 15) is 27.6 Å². The van der Waals surface area contributed by atoms with E-state index in [0.717, 1.165) is 24.8 Å². The number of aryl methyl sites for hydroxylation is 1. The van der Waals surface area contributed by atoms with Crippen LogP contribution in [0.5, 0.6) is 17.4 Å². The zero-order valence-electron chi connectivity index (χ0n) is 33.0. The molecule has 4 aliphatic rings. The van der Waals surface area contributed by atoms with Gasteiger partial charge in [-0.1, -0.05) is 39.7 Å². The number of ether oxygens (including phenoxy) is 4. The zero-order chi connectivity index (χ0) is 40.4. The van der Waals surface area contributed by atoms with Gasteiger partial charge in [-0.15, -0.1) is 6.58 Å². The summed E-state index contributed by atoms with van der Waals surface area (Å²) < 4.78 is 51.7. The van der Waals surface area contributed by atoms with Gasteiger partial charge in [-0.3, -0.25) is 19.1 Å². The van der Waals surface area contributed by atoms with Crippen molar-refractivity contribution in [2.45, 2.75) is 121 Å². The van der Waals surface area contributed by atoms with E-state index in [2.05, 4.69) is 21.9 Å². The van der Waals surface area contributed by atoms with Crippen LogP contribution in [0.1, 0.15) is 91.0 Å². The van der Waals surface area contributed by atoms with Crippen LogP contribution < -0.4 is 29.6 Å². The summed E-state index contributed by atoms with van der Waals surface area (Å²) in [6.07, 6.45) is 4.97. The number of carbonyl (C=O) groups excluding carboxylic acids is 4. The van der Waals surface area contributed by atoms with Gasteiger partial charge < -0.3 is 34.5 Å². The Bertz CT molecular complexity index is 1970. The van der Waals surface area contributed by atoms with Crippen LogP contribution >= 0.6 is 0 Å². The number of rotatable bonds is 12. The lowest BCUT2D eigenvalue weighted by Crippen LogP contribution is -2.58. The first-order valence-electron chi connectivity index (χ1n) is 19.7. The first-order chi connectivity index (χ1) is 26.6. The fraction of sp³-hybridized carbons (Fsp3) is 0.625. The predicted octanol–water partition coefficient (Wildman–Crippen LogP) is 4.31. The Labute approximate surface area is 328 Å². The van der Waals surface area contributed by atoms with Crippen molar-refractivity contribution in [3.05, 3.63) is 36.4 Å². The second kappa shape index (κ2) is 16.5. The van der Waals surface area contributed by atoms with E-state index in [1.165, 1.54) is 11.0 Å². The van der Waals surface area contributed by atoms with Gasteiger partial charge in [-0.2, -0.15) is 0 Å². The number of unbranched alkanes of at least 4 members (excludes halogenated alkanes) is 1. The normalized spacial score (nSPS) is 26.6. The van der Waals surface area contributed by atoms with Crippen molar-refractivity contribution >= 4 is 44.7 Å². The second-order valence-electron chi connectivity index (χ2n) is 16.2. The van der Waals surface area contributed by atoms with Crippen LogP contribution in [-0.2, 0) is 35.6 Å². The minimum atomic E-state index is -3.91. The third kappa shape index (κ3) is 9.00. The maximum Gasteiger partial charge on any atom is 0.407 e. The van der Waals surface area contributed by atoms with Gasteiger partial charge in [0, 0.05) is 29.9 Å². The topological polar surface area (TPSA) is 192 Å². The second-order valence-corrected chi connectivity index (χ2v) is 18.1. The summed E-state index contributed by atoms with van der Waals surface area (Å²) in [4.78, 5) is 61.8. The van der Waals surface area contributed by atoms with Gasteiger partial charge in [0.1, 0.15) is 35.2 Å². The molecule has 306 valence electrons. The lowest BCUT2D eigenvalue weighted by molar-refractivity contribution is -0.141. The van der Waals surface area contributed by atoms with Crippen molar-refractivity contribution in [3.8, 4) is 17.4 Å². The molecule has 1 saturated heterocycles. The number of pyridine rings is 1. The first-order valence-corrected chi connectivity index (χ1v) is 21.2. The summed E-state index contributed by atoms with van der Waals surface area (Å²) in [7, 11) is -2.30. The molecule has 3 heterocycles. The lowest BCUT2D eigenvalue weighted by Gasteiger charge is -2.30. The number of nitrogens with one attached hydrogen (secondary N) is 3. The van der Waals surface area contributed by atoms with E-state index in [1.54, 1.807) is 13.2 Å². The Kier molecular flexibility index (Phi) is 12.1. The molecule has 1 aromatic heterocycles. The summed E-state index contributed by atoms with van der Waals surface area (Å²) in [5.41, 5.74) is -0.426. The van der Waals surface area contributed by atoms with Gasteiger partial charge in [0.15, 0.2) is 0 Å². The van der Waals surface area contributed by atoms with Crippen LogP contribution in [0.3, 0.4) is 0 Å². The summed E-state index contributed by atoms with van der Waals surface area (Å²) >= 11 is 0. The zero-order valence-corrected chi connectivity index (χ0v) is 33.8. The highest BCUT2D eigenvalue weighted by molar-refractivity contribution is 7.91. The number of hydrogen-bond donors (Lipinski definition) is 3. The fourth-order valence-electron chi connectivity index (χ4n) is 7.66. The number of cyclic esters (lactones) is 1. The molecule has 3 fully saturated rings. The van der Waals surface area contributed by atoms with Crippen molar-refractivity contribution in [2.75, 3.05) is 26.9 Å². The van der Waals surface area contributed by atoms with Crippen molar-refractivity contribution in [3.63, 3.8) is 0 Å². The molecule has 16 heteroatoms. The van der Waals surface area contributed by atoms with E-state index >= 15 is 0 Å². The van der Waals surface area contributed by atoms with Crippen LogP contribution in [0.25, 0.3) is 10.9 Å². The van der Waals surface area contributed by atoms with Gasteiger partial charge in [-0.25, -0.2) is 18.2 Å². The number of fused-ring (bicyclic) bond motifs is 3. The molecule has 5 atom stereocenters. The molecule has 4 bridgehead atoms. The number of amides is 4. The molecule has 15 nitrogen and oxygen atoms in total. The molecule has 56 heavy (non-hydrogen) atoms. The Morgan fingerprint density at radius 2 is 1.95 bits per heavy atom. The van der Waals surface area contributed by atoms with Gasteiger partial charge in [0.25, 0.3) is 5.91 Å². The average molecular weight is 798 g/mol. The fourth-order valence-corrected chi connectivity index (χ4v) is 9.03. The minimum Gasteiger partial charge on any atom is -0.496 e. The number of nitrogens with zero attached hydrogens (tertiary/aromatic N) is 2. The quantitative estimate of drug-likeness (QED) is 0.260. The van der Waals surface area contributed by atoms with Crippen LogP contribution in [0.2, 0.25) is 0 Å². The molecule has 6 rings (SSSR count). The Morgan fingerprint density at radius 3 is 2.61 bits per heavy atom. The maximum atomic E-state index is 14.5. The molecular weight excluding hydrogens is 743 g/mol. The third-order valence-corrected chi connectivity index (χ3v) is 13.0. The molecule has 4 amide bonds. The predicted molar refractivity (Wildman–Crippen MR) is 208 cm³/mol. The third-order valence-electron chi connectivity index (χ3n) is 11.2. The first kappa shape index (κ1) is 41.0. The number of methoxy groups -OCH3 is 1. The lowest BCUT2D eigenvalue weighted by atomic mass is 9.87. The standard InChI is InChI=1S/C40H55N5O10S/c1-7-10-13-29-36(47)45-22-26(18-31(45)35(46)43-40(21-25(40)8-2)37(48)44-56(50,51)27-14-15-27)55-33-20-34(53-9-3)41-30-19-32(52-6)24(17-28(30)33)12-11-16-39(4,5)23-54-38(49)42-29/h8,17,19-20,25-27,29,31H,2,7,9-16,18,21-23H2,1,3-6H3,(H,42,49)(H,43,46)(H,44,48)/t25?,26-,29+,31+,40-/m1/s1. The summed E-state index contributed by atoms with van der Waals surface area (Å²) in [5, 5.41) is 5.65. The van der Waals surface area contributed by atoms with Crippen molar-refractivity contribution in [1.29, 1.82) is 0 Å². The van der Waals surface area contributed by atoms with Gasteiger partial charge in [0.05, 0.1) is 37.6 Å². The number of benzene rings is 1. The molecule has 0 radical (unpaired) electrons. The van der Waals surface area contributed by atoms with Crippen LogP contribution in [-0.4, -0.2) is 98.0 Å². The monoisotopic (exact) mass is 797 g/mol. The highest BCUT2D eigenvalue weighted by Gasteiger charge is 2.62. The van der Waals surface area contributed by atoms with E-state index in [-0.39, 0.29) is 31.4 Å². The molecule has 2 aliphatic heterocycles. The smallest absolute Gasteiger partial charge is 0.407 e. The Balaban J connectivity index is 1.38. The molecule has 1 aromatic carbocycles. The number of carbonyl (C=O) groups is 4. The number of hydrogen-bond acceptors (Lipinski definition) is 11. The number of alkyl carbamates (subject to hydrolysis) is 1. The molecule has 0 spiro atoms. The van der Waals surface area contributed by atoms with Crippen molar-refractivity contribution < 1.29 is 46.5 Å². The molecule has 2 saturated carbocycles. The van der Waals surface area contributed by atoms with Crippen LogP contribution in [0.4, 0.5) is 4.79 Å². The van der Waals surface area contributed by atoms with Gasteiger partial charge in [0.2, 0.25) is 27.7 Å². The van der Waals surface area contributed by atoms with Crippen molar-refractivity contribution in [2.24, 2.45) is 11.3 Å². The van der Waals surface area contributed by atoms with Crippen LogP contribution in [0.15, 0.2) is 30.9 Å². The largest absolute Gasteiger partial charge is 0.496 e. The maximum absolute atomic E-state index is 14.5. The molecule has 2 aliphatic carbocycles. The van der Waals surface area contributed by atoms with E-state index in [4.69, 9.17) is 23.9 Å². The number of aromatic nitrogens is 1. The summed E-state index contributed by atoms with van der Waals surface area (Å²) in [6.45, 7) is 12.1.